The molecule has 1 aliphatic heterocycles. The van der Waals surface area contributed by atoms with E-state index in [4.69, 9.17) is 0 Å². The lowest BCUT2D eigenvalue weighted by molar-refractivity contribution is -0.114. The first-order chi connectivity index (χ1) is 14.5. The van der Waals surface area contributed by atoms with E-state index in [0.29, 0.717) is 18.2 Å². The van der Waals surface area contributed by atoms with E-state index < -0.39 is 5.82 Å². The lowest BCUT2D eigenvalue weighted by atomic mass is 10.1. The second kappa shape index (κ2) is 10.6. The lowest BCUT2D eigenvalue weighted by Crippen LogP contribution is -2.39. The van der Waals surface area contributed by atoms with Crippen molar-refractivity contribution < 1.29 is 9.18 Å². The molecule has 0 spiro atoms. The van der Waals surface area contributed by atoms with Gasteiger partial charge in [0.15, 0.2) is 5.96 Å². The molecule has 0 aliphatic carbocycles. The monoisotopic (exact) mass is 411 g/mol. The van der Waals surface area contributed by atoms with Crippen molar-refractivity contribution >= 4 is 23.2 Å². The zero-order chi connectivity index (χ0) is 21.3. The Balaban J connectivity index is 1.61. The van der Waals surface area contributed by atoms with Gasteiger partial charge in [-0.05, 0) is 62.6 Å². The summed E-state index contributed by atoms with van der Waals surface area (Å²) < 4.78 is 13.3. The van der Waals surface area contributed by atoms with E-state index in [1.54, 1.807) is 12.1 Å². The largest absolute Gasteiger partial charge is 0.372 e. The molecule has 1 saturated heterocycles. The number of halogens is 1. The van der Waals surface area contributed by atoms with Crippen LogP contribution in [0.3, 0.4) is 0 Å². The molecule has 1 aliphatic rings. The van der Waals surface area contributed by atoms with Crippen molar-refractivity contribution in [1.29, 1.82) is 0 Å². The molecule has 6 nitrogen and oxygen atoms in total. The molecule has 1 heterocycles. The van der Waals surface area contributed by atoms with Gasteiger partial charge in [-0.25, -0.2) is 9.38 Å². The van der Waals surface area contributed by atoms with Crippen molar-refractivity contribution in [3.63, 3.8) is 0 Å². The predicted molar refractivity (Wildman–Crippen MR) is 120 cm³/mol. The van der Waals surface area contributed by atoms with Gasteiger partial charge in [0.2, 0.25) is 5.91 Å². The molecule has 1 atom stereocenters. The van der Waals surface area contributed by atoms with Crippen molar-refractivity contribution in [2.45, 2.75) is 32.7 Å². The maximum absolute atomic E-state index is 13.3. The van der Waals surface area contributed by atoms with Crippen molar-refractivity contribution in [3.8, 4) is 0 Å². The fourth-order valence-corrected chi connectivity index (χ4v) is 3.49. The van der Waals surface area contributed by atoms with Crippen LogP contribution in [0.5, 0.6) is 0 Å². The van der Waals surface area contributed by atoms with Gasteiger partial charge in [0.1, 0.15) is 12.4 Å². The third kappa shape index (κ3) is 6.20. The van der Waals surface area contributed by atoms with Crippen molar-refractivity contribution in [3.05, 3.63) is 59.9 Å². The second-order valence-electron chi connectivity index (χ2n) is 7.41. The summed E-state index contributed by atoms with van der Waals surface area (Å²) in [6, 6.07) is 14.4. The molecular formula is C23H30FN5O. The van der Waals surface area contributed by atoms with Crippen LogP contribution < -0.4 is 20.9 Å². The number of hydrogen-bond donors (Lipinski definition) is 3. The molecule has 0 bridgehead atoms. The molecule has 1 fully saturated rings. The summed E-state index contributed by atoms with van der Waals surface area (Å²) in [5, 5.41) is 9.19. The van der Waals surface area contributed by atoms with Gasteiger partial charge in [-0.1, -0.05) is 18.2 Å². The summed E-state index contributed by atoms with van der Waals surface area (Å²) in [5.74, 6) is -0.135. The standard InChI is InChI=1S/C23H30FN5O/c1-3-25-23(26-16-22(30)28-20-10-7-9-19(24)15-20)27-17(2)18-8-6-11-21(14-18)29-12-4-5-13-29/h6-11,14-15,17H,3-5,12-13,16H2,1-2H3,(H,28,30)(H2,25,26,27). The Morgan fingerprint density at radius 3 is 2.67 bits per heavy atom. The quantitative estimate of drug-likeness (QED) is 0.480. The third-order valence-corrected chi connectivity index (χ3v) is 5.03. The average molecular weight is 412 g/mol. The lowest BCUT2D eigenvalue weighted by Gasteiger charge is -2.22. The molecule has 0 aromatic heterocycles. The normalized spacial score (nSPS) is 15.0. The van der Waals surface area contributed by atoms with E-state index in [1.807, 2.05) is 6.92 Å². The zero-order valence-corrected chi connectivity index (χ0v) is 17.6. The van der Waals surface area contributed by atoms with Crippen LogP contribution in [0.2, 0.25) is 0 Å². The minimum Gasteiger partial charge on any atom is -0.372 e. The van der Waals surface area contributed by atoms with E-state index in [0.717, 1.165) is 18.7 Å². The SMILES string of the molecule is CCNC(=NCC(=O)Nc1cccc(F)c1)NC(C)c1cccc(N2CCCC2)c1. The van der Waals surface area contributed by atoms with Crippen LogP contribution in [-0.4, -0.2) is 38.0 Å². The molecule has 3 N–H and O–H groups in total. The number of rotatable bonds is 7. The average Bonchev–Trinajstić information content (AvgIpc) is 3.27. The third-order valence-electron chi connectivity index (χ3n) is 5.03. The molecule has 3 rings (SSSR count). The van der Waals surface area contributed by atoms with Crippen LogP contribution in [0.15, 0.2) is 53.5 Å². The number of nitrogens with zero attached hydrogens (tertiary/aromatic N) is 2. The van der Waals surface area contributed by atoms with E-state index in [-0.39, 0.29) is 18.5 Å². The van der Waals surface area contributed by atoms with Crippen molar-refractivity contribution in [1.82, 2.24) is 10.6 Å². The molecular weight excluding hydrogens is 381 g/mol. The van der Waals surface area contributed by atoms with E-state index in [9.17, 15) is 9.18 Å². The Bertz CT molecular complexity index is 879. The predicted octanol–water partition coefficient (Wildman–Crippen LogP) is 3.68. The molecule has 1 unspecified atom stereocenters. The maximum Gasteiger partial charge on any atom is 0.246 e. The number of guanidine groups is 1. The van der Waals surface area contributed by atoms with Gasteiger partial charge >= 0.3 is 0 Å². The van der Waals surface area contributed by atoms with Crippen LogP contribution in [-0.2, 0) is 4.79 Å². The molecule has 1 amide bonds. The van der Waals surface area contributed by atoms with Gasteiger partial charge in [0.25, 0.3) is 0 Å². The highest BCUT2D eigenvalue weighted by Gasteiger charge is 2.14. The van der Waals surface area contributed by atoms with Crippen LogP contribution in [0.4, 0.5) is 15.8 Å². The minimum atomic E-state index is -0.392. The number of carbonyl (C=O) groups is 1. The number of benzene rings is 2. The van der Waals surface area contributed by atoms with Crippen LogP contribution in [0.25, 0.3) is 0 Å². The molecule has 30 heavy (non-hydrogen) atoms. The number of carbonyl (C=O) groups excluding carboxylic acids is 1. The Morgan fingerprint density at radius 2 is 1.93 bits per heavy atom. The summed E-state index contributed by atoms with van der Waals surface area (Å²) in [6.45, 7) is 6.88. The summed E-state index contributed by atoms with van der Waals surface area (Å²) >= 11 is 0. The maximum atomic E-state index is 13.3. The van der Waals surface area contributed by atoms with Gasteiger partial charge in [-0.15, -0.1) is 0 Å². The zero-order valence-electron chi connectivity index (χ0n) is 17.6. The number of nitrogens with one attached hydrogen (secondary N) is 3. The van der Waals surface area contributed by atoms with E-state index in [1.165, 1.54) is 30.7 Å². The van der Waals surface area contributed by atoms with Crippen LogP contribution in [0, 0.1) is 5.82 Å². The van der Waals surface area contributed by atoms with Gasteiger partial charge < -0.3 is 20.9 Å². The molecule has 2 aromatic rings. The van der Waals surface area contributed by atoms with Gasteiger partial charge in [-0.3, -0.25) is 4.79 Å². The fraction of sp³-hybridized carbons (Fsp3) is 0.391. The molecule has 160 valence electrons. The number of hydrogen-bond acceptors (Lipinski definition) is 3. The highest BCUT2D eigenvalue weighted by Crippen LogP contribution is 2.23. The smallest absolute Gasteiger partial charge is 0.246 e. The van der Waals surface area contributed by atoms with Crippen LogP contribution >= 0.6 is 0 Å². The van der Waals surface area contributed by atoms with Crippen molar-refractivity contribution in [2.75, 3.05) is 36.4 Å². The minimum absolute atomic E-state index is 0.0247. The summed E-state index contributed by atoms with van der Waals surface area (Å²) in [5.41, 5.74) is 2.82. The van der Waals surface area contributed by atoms with Crippen molar-refractivity contribution in [2.24, 2.45) is 4.99 Å². The van der Waals surface area contributed by atoms with Gasteiger partial charge in [0.05, 0.1) is 6.04 Å². The Hall–Kier alpha value is -3.09. The summed E-state index contributed by atoms with van der Waals surface area (Å²) in [4.78, 5) is 19.0. The number of amides is 1. The fourth-order valence-electron chi connectivity index (χ4n) is 3.49. The number of anilines is 2. The topological polar surface area (TPSA) is 68.8 Å². The highest BCUT2D eigenvalue weighted by molar-refractivity contribution is 5.94. The highest BCUT2D eigenvalue weighted by atomic mass is 19.1. The van der Waals surface area contributed by atoms with Gasteiger partial charge in [0, 0.05) is 31.0 Å². The molecule has 7 heteroatoms. The molecule has 0 radical (unpaired) electrons. The Morgan fingerprint density at radius 1 is 1.17 bits per heavy atom. The summed E-state index contributed by atoms with van der Waals surface area (Å²) in [6.07, 6.45) is 2.49. The molecule has 0 saturated carbocycles. The first-order valence-electron chi connectivity index (χ1n) is 10.5. The first kappa shape index (κ1) is 21.6. The van der Waals surface area contributed by atoms with Crippen LogP contribution in [0.1, 0.15) is 38.3 Å². The first-order valence-corrected chi connectivity index (χ1v) is 10.5. The second-order valence-corrected chi connectivity index (χ2v) is 7.41. The summed E-state index contributed by atoms with van der Waals surface area (Å²) in [7, 11) is 0. The Labute approximate surface area is 177 Å². The van der Waals surface area contributed by atoms with Gasteiger partial charge in [-0.2, -0.15) is 0 Å². The Kier molecular flexibility index (Phi) is 7.65. The molecule has 2 aromatic carbocycles. The van der Waals surface area contributed by atoms with E-state index >= 15 is 0 Å². The van der Waals surface area contributed by atoms with E-state index in [2.05, 4.69) is 57.0 Å². The number of aliphatic imine (C=N–C) groups is 1.